The number of unbranched alkanes of at least 4 members (excludes halogenated alkanes) is 10. The second-order valence-corrected chi connectivity index (χ2v) is 16.8. The summed E-state index contributed by atoms with van der Waals surface area (Å²) in [5.74, 6) is 0. The van der Waals surface area contributed by atoms with E-state index in [1.807, 2.05) is 12.1 Å². The van der Waals surface area contributed by atoms with Gasteiger partial charge in [0.15, 0.2) is 0 Å². The molecule has 0 saturated heterocycles. The summed E-state index contributed by atoms with van der Waals surface area (Å²) in [7, 11) is 1.08. The van der Waals surface area contributed by atoms with Crippen molar-refractivity contribution in [3.8, 4) is 0 Å². The second-order valence-electron chi connectivity index (χ2n) is 10.6. The van der Waals surface area contributed by atoms with Crippen molar-refractivity contribution in [1.82, 2.24) is 0 Å². The minimum Gasteiger partial charge on any atom is -0.385 e. The van der Waals surface area contributed by atoms with Crippen LogP contribution in [0.2, 0.25) is 12.1 Å². The van der Waals surface area contributed by atoms with Crippen LogP contribution in [-0.2, 0) is 21.8 Å². The number of anilines is 2. The van der Waals surface area contributed by atoms with Crippen molar-refractivity contribution in [3.05, 3.63) is 60.7 Å². The van der Waals surface area contributed by atoms with Gasteiger partial charge in [0, 0.05) is 65.0 Å². The van der Waals surface area contributed by atoms with Crippen LogP contribution in [0.3, 0.4) is 0 Å². The maximum absolute atomic E-state index is 6.60. The largest absolute Gasteiger partial charge is 0.493 e. The fourth-order valence-corrected chi connectivity index (χ4v) is 11.6. The Balaban J connectivity index is 1.59. The lowest BCUT2D eigenvalue weighted by molar-refractivity contribution is 0.0856. The molecule has 0 radical (unpaired) electrons. The number of nitrogens with one attached hydrogen (secondary N) is 2. The van der Waals surface area contributed by atoms with E-state index in [0.29, 0.717) is 0 Å². The van der Waals surface area contributed by atoms with Gasteiger partial charge in [0.05, 0.1) is 0 Å². The molecule has 2 aromatic rings. The van der Waals surface area contributed by atoms with Crippen LogP contribution in [0.5, 0.6) is 0 Å². The van der Waals surface area contributed by atoms with E-state index in [1.54, 1.807) is 28.4 Å². The van der Waals surface area contributed by atoms with Gasteiger partial charge in [-0.15, -0.1) is 0 Å². The highest BCUT2D eigenvalue weighted by molar-refractivity contribution is 6.74. The van der Waals surface area contributed by atoms with Gasteiger partial charge in [-0.05, 0) is 49.9 Å². The van der Waals surface area contributed by atoms with Crippen molar-refractivity contribution in [2.24, 2.45) is 0 Å². The molecule has 2 aromatic carbocycles. The molecule has 0 spiro atoms. The number of benzene rings is 2. The van der Waals surface area contributed by atoms with Crippen LogP contribution in [-0.4, -0.2) is 59.1 Å². The van der Waals surface area contributed by atoms with Crippen LogP contribution in [0, 0.1) is 0 Å². The Bertz CT molecular complexity index is 799. The lowest BCUT2D eigenvalue weighted by atomic mass is 10.1. The lowest BCUT2D eigenvalue weighted by Gasteiger charge is -2.35. The van der Waals surface area contributed by atoms with Crippen LogP contribution in [0.4, 0.5) is 11.4 Å². The van der Waals surface area contributed by atoms with Crippen molar-refractivity contribution in [1.29, 1.82) is 0 Å². The third-order valence-corrected chi connectivity index (χ3v) is 14.5. The van der Waals surface area contributed by atoms with E-state index in [9.17, 15) is 0 Å². The first-order chi connectivity index (χ1) is 20.1. The summed E-state index contributed by atoms with van der Waals surface area (Å²) < 4.78 is 30.3. The number of para-hydroxylation sites is 2. The van der Waals surface area contributed by atoms with Gasteiger partial charge in [-0.1, -0.05) is 87.8 Å². The van der Waals surface area contributed by atoms with E-state index < -0.39 is 17.6 Å². The normalized spacial score (nSPS) is 12.0. The van der Waals surface area contributed by atoms with Gasteiger partial charge in [-0.25, -0.2) is 0 Å². The molecule has 9 heteroatoms. The van der Waals surface area contributed by atoms with Crippen molar-refractivity contribution < 1.29 is 21.8 Å². The average Bonchev–Trinajstić information content (AvgIpc) is 3.03. The molecular weight excluding hydrogens is 549 g/mol. The molecule has 0 aliphatic heterocycles. The summed E-state index contributed by atoms with van der Waals surface area (Å²) in [6.45, 7) is 2.04. The van der Waals surface area contributed by atoms with Crippen LogP contribution in [0.15, 0.2) is 60.7 Å². The predicted octanol–water partition coefficient (Wildman–Crippen LogP) is 8.37. The van der Waals surface area contributed by atoms with Gasteiger partial charge in [0.2, 0.25) is 0 Å². The second kappa shape index (κ2) is 21.9. The molecule has 0 saturated carbocycles. The van der Waals surface area contributed by atoms with Gasteiger partial charge in [0.25, 0.3) is 0 Å². The van der Waals surface area contributed by atoms with E-state index in [4.69, 9.17) is 21.8 Å². The molecule has 0 unspecified atom stereocenters. The summed E-state index contributed by atoms with van der Waals surface area (Å²) in [5.41, 5.74) is 2.39. The summed E-state index contributed by atoms with van der Waals surface area (Å²) >= 11 is 0. The van der Waals surface area contributed by atoms with Crippen molar-refractivity contribution >= 4 is 29.0 Å². The van der Waals surface area contributed by atoms with Crippen LogP contribution in [0.1, 0.15) is 77.0 Å². The molecule has 7 nitrogen and oxygen atoms in total. The van der Waals surface area contributed by atoms with Gasteiger partial charge < -0.3 is 32.5 Å². The maximum Gasteiger partial charge on any atom is 0.493 e. The fourth-order valence-electron chi connectivity index (χ4n) is 5.01. The van der Waals surface area contributed by atoms with Crippen molar-refractivity contribution in [2.75, 3.05) is 52.2 Å². The molecule has 0 amide bonds. The van der Waals surface area contributed by atoms with E-state index in [1.165, 1.54) is 62.7 Å². The Morgan fingerprint density at radius 2 is 0.756 bits per heavy atom. The Labute approximate surface area is 252 Å². The Hall–Kier alpha value is -1.73. The summed E-state index contributed by atoms with van der Waals surface area (Å²) in [6.07, 6.45) is 14.1. The highest BCUT2D eigenvalue weighted by Gasteiger charge is 2.51. The monoisotopic (exact) mass is 604 g/mol. The predicted molar refractivity (Wildman–Crippen MR) is 176 cm³/mol. The topological polar surface area (TPSA) is 70.2 Å². The van der Waals surface area contributed by atoms with E-state index in [2.05, 4.69) is 59.2 Å². The molecular formula is C32H56N2O5Si2. The van der Waals surface area contributed by atoms with Crippen LogP contribution < -0.4 is 10.6 Å². The summed E-state index contributed by atoms with van der Waals surface area (Å²) in [4.78, 5) is 0. The quantitative estimate of drug-likeness (QED) is 0.0826. The fraction of sp³-hybridized carbons (Fsp3) is 0.625. The third-order valence-electron chi connectivity index (χ3n) is 7.58. The first kappa shape index (κ1) is 35.5. The van der Waals surface area contributed by atoms with Crippen LogP contribution in [0.25, 0.3) is 0 Å². The Morgan fingerprint density at radius 1 is 0.439 bits per heavy atom. The number of hydrogen-bond acceptors (Lipinski definition) is 7. The molecule has 232 valence electrons. The SMILES string of the molecule is CO[Si](CCCCCCCCNc1ccccc1)(OC)O[Si](CCCCCCCCNc1ccccc1)(OC)OC. The van der Waals surface area contributed by atoms with Crippen LogP contribution >= 0.6 is 0 Å². The average molecular weight is 605 g/mol. The van der Waals surface area contributed by atoms with E-state index in [0.717, 1.165) is 50.9 Å². The van der Waals surface area contributed by atoms with E-state index >= 15 is 0 Å². The minimum absolute atomic E-state index is 0.786. The Kier molecular flexibility index (Phi) is 18.9. The third kappa shape index (κ3) is 14.8. The standard InChI is InChI=1S/C32H56N2O5Si2/c1-35-40(36-2,29-21-11-7-5-9-19-27-33-31-23-15-13-16-24-31)39-41(37-3,38-4)30-22-12-8-6-10-20-28-34-32-25-17-14-18-26-32/h13-18,23-26,33-34H,5-12,19-22,27-30H2,1-4H3. The smallest absolute Gasteiger partial charge is 0.385 e. The summed E-state index contributed by atoms with van der Waals surface area (Å²) in [6, 6.07) is 22.4. The zero-order valence-corrected chi connectivity index (χ0v) is 28.1. The van der Waals surface area contributed by atoms with E-state index in [-0.39, 0.29) is 0 Å². The van der Waals surface area contributed by atoms with Gasteiger partial charge in [0.1, 0.15) is 0 Å². The van der Waals surface area contributed by atoms with Crippen molar-refractivity contribution in [3.63, 3.8) is 0 Å². The highest BCUT2D eigenvalue weighted by Crippen LogP contribution is 2.28. The molecule has 2 rings (SSSR count). The molecule has 0 bridgehead atoms. The minimum atomic E-state index is -2.86. The van der Waals surface area contributed by atoms with Gasteiger partial charge >= 0.3 is 17.6 Å². The zero-order valence-electron chi connectivity index (χ0n) is 26.1. The molecule has 2 N–H and O–H groups in total. The molecule has 0 heterocycles. The molecule has 0 aliphatic rings. The Morgan fingerprint density at radius 3 is 1.10 bits per heavy atom. The first-order valence-corrected chi connectivity index (χ1v) is 19.5. The highest BCUT2D eigenvalue weighted by atomic mass is 28.5. The maximum atomic E-state index is 6.60. The first-order valence-electron chi connectivity index (χ1n) is 15.6. The molecule has 41 heavy (non-hydrogen) atoms. The van der Waals surface area contributed by atoms with Gasteiger partial charge in [-0.3, -0.25) is 0 Å². The zero-order chi connectivity index (χ0) is 29.5. The number of rotatable bonds is 26. The van der Waals surface area contributed by atoms with Gasteiger partial charge in [-0.2, -0.15) is 0 Å². The molecule has 0 aliphatic carbocycles. The van der Waals surface area contributed by atoms with Crippen molar-refractivity contribution in [2.45, 2.75) is 89.1 Å². The summed E-state index contributed by atoms with van der Waals surface area (Å²) in [5, 5.41) is 6.97. The lowest BCUT2D eigenvalue weighted by Crippen LogP contribution is -2.57. The molecule has 0 atom stereocenters. The number of hydrogen-bond donors (Lipinski definition) is 2. The molecule has 0 fully saturated rings. The molecule has 0 aromatic heterocycles.